The topological polar surface area (TPSA) is 46.3 Å². The van der Waals surface area contributed by atoms with Crippen LogP contribution < -0.4 is 0 Å². The molecule has 5 nitrogen and oxygen atoms in total. The number of pyridine rings is 1. The highest BCUT2D eigenvalue weighted by atomic mass is 19.1. The number of halogens is 1. The van der Waals surface area contributed by atoms with Crippen molar-refractivity contribution in [3.63, 3.8) is 0 Å². The molecule has 0 saturated carbocycles. The van der Waals surface area contributed by atoms with Crippen LogP contribution in [0.2, 0.25) is 0 Å². The molecule has 0 aliphatic carbocycles. The third-order valence-corrected chi connectivity index (χ3v) is 4.38. The van der Waals surface area contributed by atoms with E-state index in [1.54, 1.807) is 12.3 Å². The summed E-state index contributed by atoms with van der Waals surface area (Å²) in [7, 11) is 0. The average Bonchev–Trinajstić information content (AvgIpc) is 3.21. The van der Waals surface area contributed by atoms with Crippen LogP contribution in [0.1, 0.15) is 24.7 Å². The maximum atomic E-state index is 13.6. The van der Waals surface area contributed by atoms with Gasteiger partial charge in [-0.2, -0.15) is 0 Å². The van der Waals surface area contributed by atoms with Crippen LogP contribution in [0.3, 0.4) is 0 Å². The second-order valence-corrected chi connectivity index (χ2v) is 6.16. The monoisotopic (exact) mass is 337 g/mol. The Bertz CT molecular complexity index is 930. The summed E-state index contributed by atoms with van der Waals surface area (Å²) in [5.41, 5.74) is 2.64. The molecular formula is C19H20FN5. The van der Waals surface area contributed by atoms with Gasteiger partial charge in [0.15, 0.2) is 5.65 Å². The number of hydrogen-bond donors (Lipinski definition) is 0. The first-order chi connectivity index (χ1) is 12.3. The van der Waals surface area contributed by atoms with Gasteiger partial charge in [-0.05, 0) is 30.7 Å². The van der Waals surface area contributed by atoms with Crippen molar-refractivity contribution >= 4 is 17.0 Å². The number of benzene rings is 1. The lowest BCUT2D eigenvalue weighted by molar-refractivity contribution is 0.426. The SMILES string of the molecule is CCCn1c(CN2CCN=C2c2cccc(F)c2)nc2cccnc21. The molecule has 0 bridgehead atoms. The van der Waals surface area contributed by atoms with Gasteiger partial charge in [-0.25, -0.2) is 14.4 Å². The lowest BCUT2D eigenvalue weighted by Gasteiger charge is -2.20. The fourth-order valence-corrected chi connectivity index (χ4v) is 3.29. The van der Waals surface area contributed by atoms with Gasteiger partial charge in [-0.3, -0.25) is 4.99 Å². The van der Waals surface area contributed by atoms with Gasteiger partial charge >= 0.3 is 0 Å². The van der Waals surface area contributed by atoms with Crippen LogP contribution in [-0.2, 0) is 13.1 Å². The lowest BCUT2D eigenvalue weighted by Crippen LogP contribution is -2.29. The largest absolute Gasteiger partial charge is 0.347 e. The first-order valence-electron chi connectivity index (χ1n) is 8.61. The number of aryl methyl sites for hydroxylation is 1. The molecule has 6 heteroatoms. The third kappa shape index (κ3) is 2.99. The number of aromatic nitrogens is 3. The van der Waals surface area contributed by atoms with E-state index in [-0.39, 0.29) is 5.82 Å². The van der Waals surface area contributed by atoms with E-state index in [1.165, 1.54) is 12.1 Å². The number of amidine groups is 1. The summed E-state index contributed by atoms with van der Waals surface area (Å²) in [6.45, 7) is 5.20. The summed E-state index contributed by atoms with van der Waals surface area (Å²) in [6, 6.07) is 10.5. The number of hydrogen-bond acceptors (Lipinski definition) is 4. The average molecular weight is 337 g/mol. The Labute approximate surface area is 145 Å². The summed E-state index contributed by atoms with van der Waals surface area (Å²) in [6.07, 6.45) is 2.81. The van der Waals surface area contributed by atoms with Crippen molar-refractivity contribution in [2.45, 2.75) is 26.4 Å². The van der Waals surface area contributed by atoms with Crippen LogP contribution in [0.25, 0.3) is 11.2 Å². The van der Waals surface area contributed by atoms with Gasteiger partial charge in [0, 0.05) is 24.8 Å². The molecule has 4 rings (SSSR count). The predicted octanol–water partition coefficient (Wildman–Crippen LogP) is 3.24. The number of nitrogens with zero attached hydrogens (tertiary/aromatic N) is 5. The minimum atomic E-state index is -0.241. The molecule has 0 saturated heterocycles. The molecule has 2 aromatic heterocycles. The normalized spacial score (nSPS) is 14.3. The quantitative estimate of drug-likeness (QED) is 0.718. The molecule has 0 amide bonds. The molecule has 1 aliphatic heterocycles. The van der Waals surface area contributed by atoms with Gasteiger partial charge in [0.05, 0.1) is 13.1 Å². The molecule has 1 aliphatic rings. The molecule has 0 atom stereocenters. The van der Waals surface area contributed by atoms with Gasteiger partial charge < -0.3 is 9.47 Å². The summed E-state index contributed by atoms with van der Waals surface area (Å²) in [5.74, 6) is 1.57. The molecule has 25 heavy (non-hydrogen) atoms. The third-order valence-electron chi connectivity index (χ3n) is 4.38. The molecule has 0 fully saturated rings. The van der Waals surface area contributed by atoms with Crippen molar-refractivity contribution in [3.8, 4) is 0 Å². The highest BCUT2D eigenvalue weighted by Crippen LogP contribution is 2.19. The van der Waals surface area contributed by atoms with E-state index in [1.807, 2.05) is 18.2 Å². The zero-order valence-electron chi connectivity index (χ0n) is 14.2. The van der Waals surface area contributed by atoms with Crippen molar-refractivity contribution in [1.29, 1.82) is 0 Å². The predicted molar refractivity (Wildman–Crippen MR) is 96.0 cm³/mol. The van der Waals surface area contributed by atoms with Crippen molar-refractivity contribution in [2.24, 2.45) is 4.99 Å². The van der Waals surface area contributed by atoms with E-state index in [2.05, 4.69) is 26.4 Å². The Hall–Kier alpha value is -2.76. The van der Waals surface area contributed by atoms with Gasteiger partial charge in [-0.15, -0.1) is 0 Å². The number of imidazole rings is 1. The highest BCUT2D eigenvalue weighted by Gasteiger charge is 2.22. The van der Waals surface area contributed by atoms with Crippen molar-refractivity contribution in [1.82, 2.24) is 19.4 Å². The molecule has 0 radical (unpaired) electrons. The molecule has 3 aromatic rings. The molecular weight excluding hydrogens is 317 g/mol. The van der Waals surface area contributed by atoms with Crippen LogP contribution in [0, 0.1) is 5.82 Å². The first kappa shape index (κ1) is 15.7. The molecule has 128 valence electrons. The van der Waals surface area contributed by atoms with Crippen LogP contribution in [-0.4, -0.2) is 38.4 Å². The summed E-state index contributed by atoms with van der Waals surface area (Å²) < 4.78 is 15.8. The van der Waals surface area contributed by atoms with Gasteiger partial charge in [0.1, 0.15) is 23.0 Å². The summed E-state index contributed by atoms with van der Waals surface area (Å²) in [4.78, 5) is 16.0. The van der Waals surface area contributed by atoms with E-state index in [0.29, 0.717) is 6.54 Å². The number of rotatable bonds is 5. The van der Waals surface area contributed by atoms with E-state index >= 15 is 0 Å². The summed E-state index contributed by atoms with van der Waals surface area (Å²) >= 11 is 0. The van der Waals surface area contributed by atoms with Crippen molar-refractivity contribution in [3.05, 3.63) is 59.8 Å². The van der Waals surface area contributed by atoms with Gasteiger partial charge in [0.2, 0.25) is 0 Å². The van der Waals surface area contributed by atoms with E-state index in [4.69, 9.17) is 4.98 Å². The van der Waals surface area contributed by atoms with Crippen LogP contribution >= 0.6 is 0 Å². The zero-order chi connectivity index (χ0) is 17.2. The van der Waals surface area contributed by atoms with E-state index in [0.717, 1.165) is 54.4 Å². The molecule has 0 unspecified atom stereocenters. The van der Waals surface area contributed by atoms with E-state index in [9.17, 15) is 4.39 Å². The zero-order valence-corrected chi connectivity index (χ0v) is 14.2. The Morgan fingerprint density at radius 1 is 1.20 bits per heavy atom. The first-order valence-corrected chi connectivity index (χ1v) is 8.61. The number of fused-ring (bicyclic) bond motifs is 1. The molecule has 0 spiro atoms. The van der Waals surface area contributed by atoms with Crippen molar-refractivity contribution < 1.29 is 4.39 Å². The lowest BCUT2D eigenvalue weighted by atomic mass is 10.2. The van der Waals surface area contributed by atoms with Crippen LogP contribution in [0.4, 0.5) is 4.39 Å². The highest BCUT2D eigenvalue weighted by molar-refractivity contribution is 5.99. The maximum Gasteiger partial charge on any atom is 0.160 e. The minimum absolute atomic E-state index is 0.241. The number of aliphatic imine (C=N–C) groups is 1. The molecule has 3 heterocycles. The minimum Gasteiger partial charge on any atom is -0.347 e. The van der Waals surface area contributed by atoms with Crippen LogP contribution in [0.5, 0.6) is 0 Å². The van der Waals surface area contributed by atoms with Gasteiger partial charge in [-0.1, -0.05) is 19.1 Å². The van der Waals surface area contributed by atoms with Crippen molar-refractivity contribution in [2.75, 3.05) is 13.1 Å². The Morgan fingerprint density at radius 3 is 2.96 bits per heavy atom. The smallest absolute Gasteiger partial charge is 0.160 e. The summed E-state index contributed by atoms with van der Waals surface area (Å²) in [5, 5.41) is 0. The fraction of sp³-hybridized carbons (Fsp3) is 0.316. The second kappa shape index (κ2) is 6.63. The Morgan fingerprint density at radius 2 is 2.12 bits per heavy atom. The molecule has 0 N–H and O–H groups in total. The fourth-order valence-electron chi connectivity index (χ4n) is 3.29. The molecule has 1 aromatic carbocycles. The Kier molecular flexibility index (Phi) is 4.17. The second-order valence-electron chi connectivity index (χ2n) is 6.16. The Balaban J connectivity index is 1.67. The van der Waals surface area contributed by atoms with E-state index < -0.39 is 0 Å². The van der Waals surface area contributed by atoms with Gasteiger partial charge in [0.25, 0.3) is 0 Å². The van der Waals surface area contributed by atoms with Crippen LogP contribution in [0.15, 0.2) is 47.6 Å². The maximum absolute atomic E-state index is 13.6. The standard InChI is InChI=1S/C19H20FN5/c1-2-10-25-17(23-16-7-4-8-21-19(16)25)13-24-11-9-22-18(24)14-5-3-6-15(20)12-14/h3-8,12H,2,9-11,13H2,1H3.